The fourth-order valence-electron chi connectivity index (χ4n) is 1.72. The second-order valence-corrected chi connectivity index (χ2v) is 5.88. The van der Waals surface area contributed by atoms with E-state index in [1.54, 1.807) is 4.90 Å². The maximum absolute atomic E-state index is 12.1. The van der Waals surface area contributed by atoms with Gasteiger partial charge in [-0.15, -0.1) is 0 Å². The van der Waals surface area contributed by atoms with Crippen LogP contribution in [0, 0.1) is 0 Å². The Kier molecular flexibility index (Phi) is 8.47. The normalized spacial score (nSPS) is 10.6. The Hall–Kier alpha value is -0.927. The molecule has 0 saturated carbocycles. The molecule has 0 spiro atoms. The zero-order valence-electron chi connectivity index (χ0n) is 11.7. The summed E-state index contributed by atoms with van der Waals surface area (Å²) in [4.78, 5) is 13.8. The number of anilines is 1. The molecular weight excluding hydrogens is 323 g/mol. The molecule has 0 aliphatic heterocycles. The standard InChI is InChI=1S/C13H19GeNO5/c1-3-15(13(16)9-10-18-4-2)12-7-5-11(6-8-12)14-19-20-17/h5-8,17H,3-4,9-10H2,1-2H3. The van der Waals surface area contributed by atoms with Crippen molar-refractivity contribution in [2.24, 2.45) is 0 Å². The Labute approximate surface area is 125 Å². The van der Waals surface area contributed by atoms with E-state index < -0.39 is 15.8 Å². The zero-order chi connectivity index (χ0) is 14.8. The van der Waals surface area contributed by atoms with E-state index >= 15 is 0 Å². The van der Waals surface area contributed by atoms with Crippen molar-refractivity contribution in [2.45, 2.75) is 20.3 Å². The van der Waals surface area contributed by atoms with E-state index in [-0.39, 0.29) is 5.91 Å². The van der Waals surface area contributed by atoms with Crippen molar-refractivity contribution in [3.05, 3.63) is 24.3 Å². The van der Waals surface area contributed by atoms with Crippen molar-refractivity contribution < 1.29 is 23.7 Å². The van der Waals surface area contributed by atoms with Crippen LogP contribution in [0.5, 0.6) is 0 Å². The SMILES string of the molecule is CCOCCC(=O)N(CC)c1cc[c]([Ge][O]OO)cc1. The molecule has 20 heavy (non-hydrogen) atoms. The molecule has 0 unspecified atom stereocenters. The molecule has 1 aromatic carbocycles. The van der Waals surface area contributed by atoms with Crippen molar-refractivity contribution in [1.82, 2.24) is 0 Å². The van der Waals surface area contributed by atoms with Crippen LogP contribution >= 0.6 is 0 Å². The van der Waals surface area contributed by atoms with Crippen molar-refractivity contribution in [3.63, 3.8) is 0 Å². The number of amides is 1. The third-order valence-corrected chi connectivity index (χ3v) is 4.18. The molecule has 1 aromatic rings. The van der Waals surface area contributed by atoms with E-state index in [0.29, 0.717) is 26.2 Å². The maximum atomic E-state index is 12.1. The number of hydrogen-bond acceptors (Lipinski definition) is 5. The van der Waals surface area contributed by atoms with Crippen molar-refractivity contribution in [2.75, 3.05) is 24.7 Å². The summed E-state index contributed by atoms with van der Waals surface area (Å²) in [7, 11) is 0. The molecule has 7 heteroatoms. The van der Waals surface area contributed by atoms with E-state index in [9.17, 15) is 4.79 Å². The average Bonchev–Trinajstić information content (AvgIpc) is 2.47. The van der Waals surface area contributed by atoms with Gasteiger partial charge < -0.3 is 0 Å². The first-order chi connectivity index (χ1) is 9.72. The number of carbonyl (C=O) groups is 1. The van der Waals surface area contributed by atoms with Crippen LogP contribution in [0.4, 0.5) is 5.69 Å². The predicted molar refractivity (Wildman–Crippen MR) is 75.8 cm³/mol. The summed E-state index contributed by atoms with van der Waals surface area (Å²) in [5, 5.41) is 11.7. The minimum absolute atomic E-state index is 0.0414. The first kappa shape index (κ1) is 17.1. The summed E-state index contributed by atoms with van der Waals surface area (Å²) in [6.45, 7) is 5.51. The van der Waals surface area contributed by atoms with Gasteiger partial charge in [0.25, 0.3) is 0 Å². The number of nitrogens with zero attached hydrogens (tertiary/aromatic N) is 1. The molecule has 0 aliphatic carbocycles. The van der Waals surface area contributed by atoms with Gasteiger partial charge in [0, 0.05) is 0 Å². The van der Waals surface area contributed by atoms with Gasteiger partial charge in [-0.1, -0.05) is 0 Å². The summed E-state index contributed by atoms with van der Waals surface area (Å²) < 4.78 is 10.7. The number of ether oxygens (including phenoxy) is 1. The third-order valence-electron chi connectivity index (χ3n) is 2.66. The number of rotatable bonds is 9. The quantitative estimate of drug-likeness (QED) is 0.315. The second-order valence-electron chi connectivity index (χ2n) is 3.89. The molecule has 0 fully saturated rings. The first-order valence-electron chi connectivity index (χ1n) is 6.44. The van der Waals surface area contributed by atoms with Crippen LogP contribution in [0.1, 0.15) is 20.3 Å². The molecule has 110 valence electrons. The van der Waals surface area contributed by atoms with Gasteiger partial charge in [-0.2, -0.15) is 0 Å². The molecular formula is C13H19GeNO5. The van der Waals surface area contributed by atoms with E-state index in [4.69, 9.17) is 9.99 Å². The Morgan fingerprint density at radius 2 is 2.00 bits per heavy atom. The Balaban J connectivity index is 2.62. The fourth-order valence-corrected chi connectivity index (χ4v) is 2.63. The van der Waals surface area contributed by atoms with Gasteiger partial charge in [-0.25, -0.2) is 0 Å². The van der Waals surface area contributed by atoms with Crippen molar-refractivity contribution >= 4 is 31.8 Å². The van der Waals surface area contributed by atoms with E-state index in [1.807, 2.05) is 38.1 Å². The van der Waals surface area contributed by atoms with E-state index in [2.05, 4.69) is 8.95 Å². The Bertz CT molecular complexity index is 398. The molecule has 0 saturated heterocycles. The van der Waals surface area contributed by atoms with Crippen LogP contribution in [0.15, 0.2) is 24.3 Å². The van der Waals surface area contributed by atoms with Crippen LogP contribution in [-0.2, 0) is 18.5 Å². The molecule has 0 bridgehead atoms. The van der Waals surface area contributed by atoms with Gasteiger partial charge in [0.2, 0.25) is 0 Å². The molecule has 0 atom stereocenters. The molecule has 0 aliphatic rings. The van der Waals surface area contributed by atoms with E-state index in [1.165, 1.54) is 0 Å². The topological polar surface area (TPSA) is 68.2 Å². The molecule has 1 rings (SSSR count). The van der Waals surface area contributed by atoms with Crippen LogP contribution in [0.25, 0.3) is 0 Å². The fraction of sp³-hybridized carbons (Fsp3) is 0.462. The number of hydrogen-bond donors (Lipinski definition) is 1. The molecule has 6 nitrogen and oxygen atoms in total. The summed E-state index contributed by atoms with van der Waals surface area (Å²) in [5.74, 6) is 0.0414. The van der Waals surface area contributed by atoms with Crippen LogP contribution in [0.2, 0.25) is 0 Å². The minimum atomic E-state index is -0.967. The van der Waals surface area contributed by atoms with Gasteiger partial charge in [-0.3, -0.25) is 0 Å². The predicted octanol–water partition coefficient (Wildman–Crippen LogP) is 1.13. The summed E-state index contributed by atoms with van der Waals surface area (Å²) in [6, 6.07) is 7.46. The molecule has 2 radical (unpaired) electrons. The number of carbonyl (C=O) groups excluding carboxylic acids is 1. The summed E-state index contributed by atoms with van der Waals surface area (Å²) in [6.07, 6.45) is 0.374. The zero-order valence-corrected chi connectivity index (χ0v) is 13.8. The van der Waals surface area contributed by atoms with E-state index in [0.717, 1.165) is 10.1 Å². The Morgan fingerprint density at radius 1 is 1.30 bits per heavy atom. The molecule has 0 heterocycles. The number of benzene rings is 1. The van der Waals surface area contributed by atoms with Crippen LogP contribution in [-0.4, -0.2) is 46.7 Å². The summed E-state index contributed by atoms with van der Waals surface area (Å²) in [5.41, 5.74) is 0.842. The van der Waals surface area contributed by atoms with Gasteiger partial charge in [0.15, 0.2) is 0 Å². The second kappa shape index (κ2) is 9.90. The monoisotopic (exact) mass is 343 g/mol. The van der Waals surface area contributed by atoms with Gasteiger partial charge in [-0.05, 0) is 0 Å². The third kappa shape index (κ3) is 5.60. The molecule has 0 aromatic heterocycles. The van der Waals surface area contributed by atoms with Crippen LogP contribution in [0.3, 0.4) is 0 Å². The molecule has 1 N–H and O–H groups in total. The first-order valence-corrected chi connectivity index (χ1v) is 8.34. The Morgan fingerprint density at radius 3 is 2.55 bits per heavy atom. The van der Waals surface area contributed by atoms with Crippen molar-refractivity contribution in [1.29, 1.82) is 0 Å². The van der Waals surface area contributed by atoms with Gasteiger partial charge >= 0.3 is 125 Å². The van der Waals surface area contributed by atoms with Crippen LogP contribution < -0.4 is 9.30 Å². The van der Waals surface area contributed by atoms with Gasteiger partial charge in [0.05, 0.1) is 0 Å². The molecule has 1 amide bonds. The summed E-state index contributed by atoms with van der Waals surface area (Å²) >= 11 is -0.967. The average molecular weight is 342 g/mol. The van der Waals surface area contributed by atoms with Gasteiger partial charge in [0.1, 0.15) is 0 Å². The van der Waals surface area contributed by atoms with Crippen molar-refractivity contribution in [3.8, 4) is 0 Å².